The molecule has 2 aromatic rings. The maximum absolute atomic E-state index is 13.5. The van der Waals surface area contributed by atoms with Crippen molar-refractivity contribution < 1.29 is 43.3 Å². The number of carboxylic acids is 1. The Bertz CT molecular complexity index is 1370. The zero-order valence-corrected chi connectivity index (χ0v) is 29.5. The molecular weight excluding hydrogens is 656 g/mol. The van der Waals surface area contributed by atoms with Gasteiger partial charge in [-0.15, -0.1) is 0 Å². The maximum Gasteiger partial charge on any atom is 0.408 e. The van der Waals surface area contributed by atoms with Crippen LogP contribution in [-0.2, 0) is 41.8 Å². The van der Waals surface area contributed by atoms with Crippen molar-refractivity contribution in [3.05, 3.63) is 70.7 Å². The molecule has 13 nitrogen and oxygen atoms in total. The van der Waals surface area contributed by atoms with E-state index in [0.29, 0.717) is 23.4 Å². The summed E-state index contributed by atoms with van der Waals surface area (Å²) in [5.41, 5.74) is 0.685. The summed E-state index contributed by atoms with van der Waals surface area (Å²) in [6, 6.07) is 12.6. The third-order valence-corrected chi connectivity index (χ3v) is 7.23. The highest BCUT2D eigenvalue weighted by Crippen LogP contribution is 2.16. The standard InChI is InChI=1S/C35H49ClN4O9/c1-23(2)19-28(31(42)39-29(32(43)44)22-47-20-24-13-7-6-8-14-24)38-30(41)27(40-34(46)49-35(3,4)5)17-11-12-18-37-33(45)48-21-25-15-9-10-16-26(25)36/h6-10,13-16,23,27-29H,11-12,17-22H2,1-5H3,(H,37,45)(H,38,41)(H,39,42)(H,40,46)(H,43,44)/t27-,28-,29-/m0/s1. The summed E-state index contributed by atoms with van der Waals surface area (Å²) in [7, 11) is 0. The molecule has 0 spiro atoms. The van der Waals surface area contributed by atoms with Gasteiger partial charge in [0, 0.05) is 17.1 Å². The predicted octanol–water partition coefficient (Wildman–Crippen LogP) is 4.95. The molecule has 0 aliphatic heterocycles. The van der Waals surface area contributed by atoms with Crippen molar-refractivity contribution in [3.63, 3.8) is 0 Å². The van der Waals surface area contributed by atoms with Gasteiger partial charge in [0.1, 0.15) is 24.3 Å². The smallest absolute Gasteiger partial charge is 0.408 e. The molecule has 2 rings (SSSR count). The molecule has 0 aliphatic rings. The minimum atomic E-state index is -1.36. The summed E-state index contributed by atoms with van der Waals surface area (Å²) in [6.07, 6.45) is -0.245. The maximum atomic E-state index is 13.5. The molecule has 0 fully saturated rings. The molecule has 0 radical (unpaired) electrons. The normalized spacial score (nSPS) is 13.0. The lowest BCUT2D eigenvalue weighted by atomic mass is 10.0. The quantitative estimate of drug-likeness (QED) is 0.126. The molecule has 0 unspecified atom stereocenters. The Labute approximate surface area is 292 Å². The second-order valence-corrected chi connectivity index (χ2v) is 13.3. The fraction of sp³-hybridized carbons (Fsp3) is 0.514. The Morgan fingerprint density at radius 3 is 2.06 bits per heavy atom. The largest absolute Gasteiger partial charge is 0.480 e. The summed E-state index contributed by atoms with van der Waals surface area (Å²) in [6.45, 7) is 8.87. The lowest BCUT2D eigenvalue weighted by Gasteiger charge is -2.26. The van der Waals surface area contributed by atoms with Crippen molar-refractivity contribution in [1.82, 2.24) is 21.3 Å². The number of aliphatic carboxylic acids is 1. The van der Waals surface area contributed by atoms with Gasteiger partial charge in [-0.3, -0.25) is 9.59 Å². The summed E-state index contributed by atoms with van der Waals surface area (Å²) < 4.78 is 16.1. The molecule has 0 saturated heterocycles. The first-order valence-corrected chi connectivity index (χ1v) is 16.6. The molecule has 2 aromatic carbocycles. The van der Waals surface area contributed by atoms with Crippen molar-refractivity contribution in [3.8, 4) is 0 Å². The van der Waals surface area contributed by atoms with Crippen LogP contribution >= 0.6 is 11.6 Å². The van der Waals surface area contributed by atoms with Crippen LogP contribution in [-0.4, -0.2) is 72.0 Å². The summed E-state index contributed by atoms with van der Waals surface area (Å²) in [5.74, 6) is -2.68. The van der Waals surface area contributed by atoms with E-state index < -0.39 is 53.7 Å². The Hall–Kier alpha value is -4.36. The molecule has 270 valence electrons. The van der Waals surface area contributed by atoms with Gasteiger partial charge < -0.3 is 40.6 Å². The van der Waals surface area contributed by atoms with Crippen LogP contribution in [0.4, 0.5) is 9.59 Å². The summed E-state index contributed by atoms with van der Waals surface area (Å²) in [5, 5.41) is 20.6. The van der Waals surface area contributed by atoms with Gasteiger partial charge >= 0.3 is 18.2 Å². The second kappa shape index (κ2) is 20.9. The molecule has 0 aliphatic carbocycles. The Kier molecular flexibility index (Phi) is 17.4. The molecule has 0 aromatic heterocycles. The van der Waals surface area contributed by atoms with Crippen LogP contribution in [0.3, 0.4) is 0 Å². The van der Waals surface area contributed by atoms with E-state index in [1.165, 1.54) is 0 Å². The monoisotopic (exact) mass is 704 g/mol. The Morgan fingerprint density at radius 2 is 1.43 bits per heavy atom. The fourth-order valence-corrected chi connectivity index (χ4v) is 4.67. The Balaban J connectivity index is 1.99. The first-order chi connectivity index (χ1) is 23.1. The van der Waals surface area contributed by atoms with Gasteiger partial charge in [-0.05, 0) is 64.0 Å². The van der Waals surface area contributed by atoms with Gasteiger partial charge in [0.15, 0.2) is 6.04 Å². The topological polar surface area (TPSA) is 181 Å². The summed E-state index contributed by atoms with van der Waals surface area (Å²) >= 11 is 6.09. The van der Waals surface area contributed by atoms with Crippen LogP contribution in [0.2, 0.25) is 5.02 Å². The molecule has 0 bridgehead atoms. The number of carbonyl (C=O) groups excluding carboxylic acids is 4. The first-order valence-electron chi connectivity index (χ1n) is 16.2. The van der Waals surface area contributed by atoms with E-state index in [2.05, 4.69) is 21.3 Å². The number of alkyl carbamates (subject to hydrolysis) is 2. The molecule has 0 heterocycles. The number of hydrogen-bond donors (Lipinski definition) is 5. The number of carbonyl (C=O) groups is 5. The molecule has 3 atom stereocenters. The van der Waals surface area contributed by atoms with E-state index in [1.807, 2.05) is 44.2 Å². The van der Waals surface area contributed by atoms with E-state index in [9.17, 15) is 29.1 Å². The van der Waals surface area contributed by atoms with Crippen LogP contribution in [0.25, 0.3) is 0 Å². The number of unbranched alkanes of at least 4 members (excludes halogenated alkanes) is 1. The lowest BCUT2D eigenvalue weighted by molar-refractivity contribution is -0.144. The van der Waals surface area contributed by atoms with Crippen LogP contribution in [0, 0.1) is 5.92 Å². The third-order valence-electron chi connectivity index (χ3n) is 6.86. The van der Waals surface area contributed by atoms with Crippen LogP contribution in [0.1, 0.15) is 71.4 Å². The van der Waals surface area contributed by atoms with Gasteiger partial charge in [0.05, 0.1) is 13.2 Å². The molecule has 14 heteroatoms. The average Bonchev–Trinajstić information content (AvgIpc) is 3.02. The van der Waals surface area contributed by atoms with Crippen molar-refractivity contribution in [1.29, 1.82) is 0 Å². The number of amides is 4. The summed E-state index contributed by atoms with van der Waals surface area (Å²) in [4.78, 5) is 63.5. The number of ether oxygens (including phenoxy) is 3. The third kappa shape index (κ3) is 17.0. The van der Waals surface area contributed by atoms with E-state index in [0.717, 1.165) is 5.56 Å². The van der Waals surface area contributed by atoms with E-state index >= 15 is 0 Å². The number of carboxylic acid groups (broad SMARTS) is 1. The highest BCUT2D eigenvalue weighted by molar-refractivity contribution is 6.31. The lowest BCUT2D eigenvalue weighted by Crippen LogP contribution is -2.57. The van der Waals surface area contributed by atoms with Crippen molar-refractivity contribution in [2.24, 2.45) is 5.92 Å². The predicted molar refractivity (Wildman–Crippen MR) is 184 cm³/mol. The van der Waals surface area contributed by atoms with Crippen molar-refractivity contribution >= 4 is 41.6 Å². The van der Waals surface area contributed by atoms with Crippen LogP contribution in [0.15, 0.2) is 54.6 Å². The van der Waals surface area contributed by atoms with Crippen LogP contribution in [0.5, 0.6) is 0 Å². The highest BCUT2D eigenvalue weighted by Gasteiger charge is 2.31. The first kappa shape index (κ1) is 40.8. The SMILES string of the molecule is CC(C)C[C@H](NC(=O)[C@H](CCCCNC(=O)OCc1ccccc1Cl)NC(=O)OC(C)(C)C)C(=O)N[C@@H](COCc1ccccc1)C(=O)O. The average molecular weight is 705 g/mol. The zero-order valence-electron chi connectivity index (χ0n) is 28.8. The van der Waals surface area contributed by atoms with Crippen molar-refractivity contribution in [2.45, 2.75) is 97.2 Å². The highest BCUT2D eigenvalue weighted by atomic mass is 35.5. The van der Waals surface area contributed by atoms with Gasteiger partial charge in [-0.2, -0.15) is 0 Å². The minimum Gasteiger partial charge on any atom is -0.480 e. The van der Waals surface area contributed by atoms with Gasteiger partial charge in [-0.25, -0.2) is 14.4 Å². The molecule has 0 saturated carbocycles. The fourth-order valence-electron chi connectivity index (χ4n) is 4.48. The van der Waals surface area contributed by atoms with E-state index in [4.69, 9.17) is 25.8 Å². The molecule has 49 heavy (non-hydrogen) atoms. The number of nitrogens with one attached hydrogen (secondary N) is 4. The van der Waals surface area contributed by atoms with E-state index in [1.54, 1.807) is 45.0 Å². The minimum absolute atomic E-state index is 0.00655. The number of hydrogen-bond acceptors (Lipinski definition) is 8. The number of rotatable bonds is 19. The number of halogens is 1. The van der Waals surface area contributed by atoms with Gasteiger partial charge in [-0.1, -0.05) is 74.0 Å². The molecule has 4 amide bonds. The van der Waals surface area contributed by atoms with Crippen LogP contribution < -0.4 is 21.3 Å². The molecule has 5 N–H and O–H groups in total. The second-order valence-electron chi connectivity index (χ2n) is 12.9. The zero-order chi connectivity index (χ0) is 36.4. The van der Waals surface area contributed by atoms with E-state index in [-0.39, 0.29) is 45.1 Å². The van der Waals surface area contributed by atoms with Gasteiger partial charge in [0.2, 0.25) is 11.8 Å². The molecular formula is C35H49ClN4O9. The van der Waals surface area contributed by atoms with Gasteiger partial charge in [0.25, 0.3) is 0 Å². The van der Waals surface area contributed by atoms with Crippen molar-refractivity contribution in [2.75, 3.05) is 13.2 Å². The Morgan fingerprint density at radius 1 is 0.796 bits per heavy atom. The number of benzene rings is 2.